The summed E-state index contributed by atoms with van der Waals surface area (Å²) in [4.78, 5) is 14.0. The third-order valence-electron chi connectivity index (χ3n) is 4.97. The number of fused-ring (bicyclic) bond motifs is 1. The molecule has 1 heterocycles. The Labute approximate surface area is 160 Å². The first kappa shape index (κ1) is 19.2. The van der Waals surface area contributed by atoms with Crippen molar-refractivity contribution in [1.82, 2.24) is 4.98 Å². The summed E-state index contributed by atoms with van der Waals surface area (Å²) in [7, 11) is 0. The highest BCUT2D eigenvalue weighted by Crippen LogP contribution is 2.24. The first-order chi connectivity index (χ1) is 13.2. The van der Waals surface area contributed by atoms with Gasteiger partial charge in [0, 0.05) is 22.7 Å². The summed E-state index contributed by atoms with van der Waals surface area (Å²) in [6.45, 7) is 2.73. The van der Waals surface area contributed by atoms with Crippen LogP contribution in [0.2, 0.25) is 0 Å². The zero-order chi connectivity index (χ0) is 19.1. The van der Waals surface area contributed by atoms with Gasteiger partial charge in [-0.1, -0.05) is 50.1 Å². The molecule has 1 aliphatic rings. The molecule has 2 N–H and O–H groups in total. The van der Waals surface area contributed by atoms with Crippen LogP contribution in [0.15, 0.2) is 54.7 Å². The Balaban J connectivity index is 0.000000221. The highest BCUT2D eigenvalue weighted by Gasteiger charge is 2.15. The second-order valence-corrected chi connectivity index (χ2v) is 7.27. The molecule has 4 heteroatoms. The van der Waals surface area contributed by atoms with Crippen LogP contribution in [0.5, 0.6) is 5.75 Å². The Morgan fingerprint density at radius 1 is 1.19 bits per heavy atom. The monoisotopic (exact) mass is 365 g/mol. The maximum absolute atomic E-state index is 10.9. The molecule has 1 aliphatic carbocycles. The van der Waals surface area contributed by atoms with Gasteiger partial charge in [0.15, 0.2) is 6.29 Å². The van der Waals surface area contributed by atoms with Gasteiger partial charge in [-0.05, 0) is 42.5 Å². The van der Waals surface area contributed by atoms with Gasteiger partial charge in [-0.15, -0.1) is 0 Å². The Hall–Kier alpha value is -2.59. The normalized spacial score (nSPS) is 19.2. The quantitative estimate of drug-likeness (QED) is 0.631. The van der Waals surface area contributed by atoms with E-state index in [1.54, 1.807) is 6.20 Å². The summed E-state index contributed by atoms with van der Waals surface area (Å²) >= 11 is 0. The number of H-pyrrole nitrogens is 1. The van der Waals surface area contributed by atoms with Crippen molar-refractivity contribution in [3.05, 3.63) is 65.9 Å². The van der Waals surface area contributed by atoms with E-state index in [0.29, 0.717) is 12.2 Å². The van der Waals surface area contributed by atoms with Crippen molar-refractivity contribution in [2.45, 2.75) is 45.3 Å². The molecule has 0 amide bonds. The molecule has 0 saturated heterocycles. The predicted octanol–water partition coefficient (Wildman–Crippen LogP) is 5.12. The Kier molecular flexibility index (Phi) is 6.66. The number of aliphatic hydroxyl groups excluding tert-OH is 1. The van der Waals surface area contributed by atoms with E-state index in [2.05, 4.69) is 11.9 Å². The molecule has 2 atom stereocenters. The van der Waals surface area contributed by atoms with Crippen molar-refractivity contribution in [1.29, 1.82) is 0 Å². The molecule has 27 heavy (non-hydrogen) atoms. The fourth-order valence-electron chi connectivity index (χ4n) is 3.45. The molecular formula is C23H27NO3. The third-order valence-corrected chi connectivity index (χ3v) is 4.97. The van der Waals surface area contributed by atoms with E-state index < -0.39 is 0 Å². The molecule has 4 nitrogen and oxygen atoms in total. The van der Waals surface area contributed by atoms with E-state index in [9.17, 15) is 4.79 Å². The number of hydrogen-bond donors (Lipinski definition) is 2. The largest absolute Gasteiger partial charge is 0.489 e. The first-order valence-corrected chi connectivity index (χ1v) is 9.57. The minimum absolute atomic E-state index is 0.0127. The van der Waals surface area contributed by atoms with Crippen LogP contribution in [0.3, 0.4) is 0 Å². The maximum atomic E-state index is 10.9. The number of rotatable bonds is 4. The molecule has 2 unspecified atom stereocenters. The number of aldehydes is 1. The van der Waals surface area contributed by atoms with Crippen LogP contribution in [0.4, 0.5) is 0 Å². The van der Waals surface area contributed by atoms with Crippen LogP contribution in [-0.2, 0) is 6.61 Å². The van der Waals surface area contributed by atoms with Crippen molar-refractivity contribution in [2.75, 3.05) is 0 Å². The lowest BCUT2D eigenvalue weighted by Gasteiger charge is -2.21. The zero-order valence-corrected chi connectivity index (χ0v) is 15.7. The van der Waals surface area contributed by atoms with E-state index in [1.165, 1.54) is 12.8 Å². The van der Waals surface area contributed by atoms with E-state index >= 15 is 0 Å². The lowest BCUT2D eigenvalue weighted by Crippen LogP contribution is -2.16. The van der Waals surface area contributed by atoms with E-state index in [-0.39, 0.29) is 6.10 Å². The van der Waals surface area contributed by atoms with Gasteiger partial charge in [0.1, 0.15) is 12.4 Å². The number of aromatic nitrogens is 1. The topological polar surface area (TPSA) is 62.3 Å². The second-order valence-electron chi connectivity index (χ2n) is 7.27. The van der Waals surface area contributed by atoms with Gasteiger partial charge in [-0.3, -0.25) is 4.79 Å². The van der Waals surface area contributed by atoms with Gasteiger partial charge >= 0.3 is 0 Å². The third kappa shape index (κ3) is 5.44. The van der Waals surface area contributed by atoms with Gasteiger partial charge in [-0.2, -0.15) is 0 Å². The van der Waals surface area contributed by atoms with Crippen LogP contribution < -0.4 is 4.74 Å². The number of aliphatic hydroxyl groups is 1. The second kappa shape index (κ2) is 9.38. The SMILES string of the molecule is CC1CCCC(O)C1.O=Cc1c[nH]c2ccc(OCc3ccccc3)cc12. The maximum Gasteiger partial charge on any atom is 0.152 e. The zero-order valence-electron chi connectivity index (χ0n) is 15.7. The van der Waals surface area contributed by atoms with Crippen LogP contribution in [0.1, 0.15) is 48.5 Å². The molecule has 0 aliphatic heterocycles. The number of nitrogens with one attached hydrogen (secondary N) is 1. The van der Waals surface area contributed by atoms with Crippen molar-refractivity contribution in [2.24, 2.45) is 5.92 Å². The molecule has 0 radical (unpaired) electrons. The van der Waals surface area contributed by atoms with Gasteiger partial charge < -0.3 is 14.8 Å². The summed E-state index contributed by atoms with van der Waals surface area (Å²) in [5, 5.41) is 9.97. The van der Waals surface area contributed by atoms with Gasteiger partial charge in [0.2, 0.25) is 0 Å². The average molecular weight is 365 g/mol. The van der Waals surface area contributed by atoms with Gasteiger partial charge in [0.05, 0.1) is 6.10 Å². The molecule has 4 rings (SSSR count). The molecule has 0 bridgehead atoms. The lowest BCUT2D eigenvalue weighted by molar-refractivity contribution is 0.106. The van der Waals surface area contributed by atoms with Crippen molar-refractivity contribution >= 4 is 17.2 Å². The van der Waals surface area contributed by atoms with E-state index in [1.807, 2.05) is 48.5 Å². The van der Waals surface area contributed by atoms with Crippen LogP contribution in [0.25, 0.3) is 10.9 Å². The number of benzene rings is 2. The van der Waals surface area contributed by atoms with E-state index in [0.717, 1.165) is 47.3 Å². The number of hydrogen-bond acceptors (Lipinski definition) is 3. The summed E-state index contributed by atoms with van der Waals surface area (Å²) in [5.74, 6) is 1.53. The molecule has 1 aromatic heterocycles. The Morgan fingerprint density at radius 2 is 2.00 bits per heavy atom. The van der Waals surface area contributed by atoms with E-state index in [4.69, 9.17) is 9.84 Å². The molecule has 1 fully saturated rings. The van der Waals surface area contributed by atoms with Crippen LogP contribution >= 0.6 is 0 Å². The van der Waals surface area contributed by atoms with Gasteiger partial charge in [-0.25, -0.2) is 0 Å². The molecule has 142 valence electrons. The molecule has 1 saturated carbocycles. The highest BCUT2D eigenvalue weighted by atomic mass is 16.5. The number of carbonyl (C=O) groups is 1. The van der Waals surface area contributed by atoms with Crippen molar-refractivity contribution in [3.63, 3.8) is 0 Å². The number of ether oxygens (including phenoxy) is 1. The Bertz CT molecular complexity index is 848. The molecule has 2 aromatic carbocycles. The number of aromatic amines is 1. The van der Waals surface area contributed by atoms with Gasteiger partial charge in [0.25, 0.3) is 0 Å². The first-order valence-electron chi connectivity index (χ1n) is 9.57. The number of carbonyl (C=O) groups excluding carboxylic acids is 1. The lowest BCUT2D eigenvalue weighted by atomic mass is 9.89. The summed E-state index contributed by atoms with van der Waals surface area (Å²) < 4.78 is 5.74. The highest BCUT2D eigenvalue weighted by molar-refractivity contribution is 5.97. The Morgan fingerprint density at radius 3 is 2.67 bits per heavy atom. The van der Waals surface area contributed by atoms with Crippen molar-refractivity contribution < 1.29 is 14.6 Å². The summed E-state index contributed by atoms with van der Waals surface area (Å²) in [6.07, 6.45) is 7.17. The molecular weight excluding hydrogens is 338 g/mol. The molecule has 3 aromatic rings. The fraction of sp³-hybridized carbons (Fsp3) is 0.348. The summed E-state index contributed by atoms with van der Waals surface area (Å²) in [5.41, 5.74) is 2.71. The standard InChI is InChI=1S/C16H13NO2.C7H14O/c18-10-13-9-17-16-7-6-14(8-15(13)16)19-11-12-4-2-1-3-5-12;1-6-3-2-4-7(8)5-6/h1-10,17H,11H2;6-8H,2-5H2,1H3. The van der Waals surface area contributed by atoms with Crippen molar-refractivity contribution in [3.8, 4) is 5.75 Å². The summed E-state index contributed by atoms with van der Waals surface area (Å²) in [6, 6.07) is 15.7. The van der Waals surface area contributed by atoms with Crippen LogP contribution in [0, 0.1) is 5.92 Å². The molecule has 0 spiro atoms. The minimum Gasteiger partial charge on any atom is -0.489 e. The smallest absolute Gasteiger partial charge is 0.152 e. The fourth-order valence-corrected chi connectivity index (χ4v) is 3.45. The predicted molar refractivity (Wildman–Crippen MR) is 108 cm³/mol. The minimum atomic E-state index is 0.0127. The van der Waals surface area contributed by atoms with Crippen LogP contribution in [-0.4, -0.2) is 22.5 Å². The average Bonchev–Trinajstić information content (AvgIpc) is 3.10.